The quantitative estimate of drug-likeness (QED) is 0.675. The summed E-state index contributed by atoms with van der Waals surface area (Å²) >= 11 is 0. The molecular weight excluding hydrogens is 328 g/mol. The minimum Gasteiger partial charge on any atom is -0.507 e. The van der Waals surface area contributed by atoms with E-state index in [1.807, 2.05) is 12.1 Å². The maximum Gasteiger partial charge on any atom is 0.167 e. The summed E-state index contributed by atoms with van der Waals surface area (Å²) in [4.78, 5) is 11.2. The van der Waals surface area contributed by atoms with Crippen LogP contribution < -0.4 is 9.47 Å². The molecule has 4 nitrogen and oxygen atoms in total. The van der Waals surface area contributed by atoms with Crippen LogP contribution in [0.15, 0.2) is 72.8 Å². The summed E-state index contributed by atoms with van der Waals surface area (Å²) in [6, 6.07) is 23.7. The van der Waals surface area contributed by atoms with Crippen LogP contribution in [-0.2, 0) is 0 Å². The third-order valence-corrected chi connectivity index (χ3v) is 3.74. The van der Waals surface area contributed by atoms with Crippen molar-refractivity contribution in [2.45, 2.75) is 6.92 Å². The molecule has 26 heavy (non-hydrogen) atoms. The van der Waals surface area contributed by atoms with Crippen molar-refractivity contribution in [2.75, 3.05) is 14.2 Å². The summed E-state index contributed by atoms with van der Waals surface area (Å²) in [7, 11) is 2.91. The van der Waals surface area contributed by atoms with E-state index in [9.17, 15) is 9.90 Å². The first-order valence-electron chi connectivity index (χ1n) is 8.13. The van der Waals surface area contributed by atoms with E-state index in [0.29, 0.717) is 11.5 Å². The standard InChI is InChI=1S/C12H10.C10H12O4/c1-3-7-11(8-4-1)12-9-5-2-6-10-12;1-6(11)10-8(12)4-7(13-2)5-9(10)14-3/h1-10H;4-5,12H,1-3H3. The van der Waals surface area contributed by atoms with E-state index in [-0.39, 0.29) is 17.1 Å². The fourth-order valence-corrected chi connectivity index (χ4v) is 2.47. The van der Waals surface area contributed by atoms with Crippen LogP contribution in [0, 0.1) is 0 Å². The van der Waals surface area contributed by atoms with Gasteiger partial charge in [-0.1, -0.05) is 60.7 Å². The van der Waals surface area contributed by atoms with Crippen molar-refractivity contribution in [3.05, 3.63) is 78.4 Å². The second kappa shape index (κ2) is 9.28. The number of ether oxygens (including phenoxy) is 2. The smallest absolute Gasteiger partial charge is 0.167 e. The number of benzene rings is 3. The molecular formula is C22H22O4. The fourth-order valence-electron chi connectivity index (χ4n) is 2.47. The summed E-state index contributed by atoms with van der Waals surface area (Å²) in [6.07, 6.45) is 0. The molecule has 4 heteroatoms. The molecule has 0 amide bonds. The summed E-state index contributed by atoms with van der Waals surface area (Å²) in [6.45, 7) is 1.37. The van der Waals surface area contributed by atoms with Gasteiger partial charge in [-0.3, -0.25) is 4.79 Å². The number of phenolic OH excluding ortho intramolecular Hbond substituents is 1. The van der Waals surface area contributed by atoms with Gasteiger partial charge in [-0.15, -0.1) is 0 Å². The van der Waals surface area contributed by atoms with Gasteiger partial charge in [0.2, 0.25) is 0 Å². The van der Waals surface area contributed by atoms with Crippen molar-refractivity contribution in [2.24, 2.45) is 0 Å². The molecule has 0 atom stereocenters. The van der Waals surface area contributed by atoms with Crippen LogP contribution in [0.4, 0.5) is 0 Å². The molecule has 0 spiro atoms. The molecule has 0 heterocycles. The first-order chi connectivity index (χ1) is 12.6. The maximum absolute atomic E-state index is 11.2. The number of carbonyl (C=O) groups excluding carboxylic acids is 1. The van der Waals surface area contributed by atoms with Crippen LogP contribution in [0.3, 0.4) is 0 Å². The summed E-state index contributed by atoms with van der Waals surface area (Å²) in [5.41, 5.74) is 2.73. The fraction of sp³-hybridized carbons (Fsp3) is 0.136. The van der Waals surface area contributed by atoms with Crippen LogP contribution in [0.25, 0.3) is 11.1 Å². The monoisotopic (exact) mass is 350 g/mol. The normalized spacial score (nSPS) is 9.65. The molecule has 0 saturated heterocycles. The number of hydrogen-bond donors (Lipinski definition) is 1. The van der Waals surface area contributed by atoms with E-state index < -0.39 is 0 Å². The SMILES string of the molecule is COc1cc(O)c(C(C)=O)c(OC)c1.c1ccc(-c2ccccc2)cc1. The van der Waals surface area contributed by atoms with Crippen LogP contribution in [0.5, 0.6) is 17.2 Å². The lowest BCUT2D eigenvalue weighted by atomic mass is 10.1. The predicted molar refractivity (Wildman–Crippen MR) is 103 cm³/mol. The molecule has 134 valence electrons. The minimum atomic E-state index is -0.248. The van der Waals surface area contributed by atoms with Gasteiger partial charge in [-0.25, -0.2) is 0 Å². The average molecular weight is 350 g/mol. The van der Waals surface area contributed by atoms with E-state index in [4.69, 9.17) is 9.47 Å². The number of methoxy groups -OCH3 is 2. The number of hydrogen-bond acceptors (Lipinski definition) is 4. The van der Waals surface area contributed by atoms with Gasteiger partial charge in [0.05, 0.1) is 14.2 Å². The number of Topliss-reactive ketones (excluding diaryl/α,β-unsaturated/α-hetero) is 1. The highest BCUT2D eigenvalue weighted by Crippen LogP contribution is 2.33. The van der Waals surface area contributed by atoms with E-state index in [2.05, 4.69) is 48.5 Å². The Morgan fingerprint density at radius 1 is 0.808 bits per heavy atom. The van der Waals surface area contributed by atoms with Crippen LogP contribution in [0.2, 0.25) is 0 Å². The molecule has 0 radical (unpaired) electrons. The molecule has 0 aliphatic heterocycles. The Hall–Kier alpha value is -3.27. The molecule has 0 saturated carbocycles. The van der Waals surface area contributed by atoms with Crippen molar-refractivity contribution in [1.29, 1.82) is 0 Å². The molecule has 0 fully saturated rings. The summed E-state index contributed by atoms with van der Waals surface area (Å²) < 4.78 is 9.89. The Morgan fingerprint density at radius 2 is 1.31 bits per heavy atom. The number of phenols is 1. The Balaban J connectivity index is 0.000000189. The van der Waals surface area contributed by atoms with Crippen molar-refractivity contribution in [1.82, 2.24) is 0 Å². The van der Waals surface area contributed by atoms with E-state index in [1.165, 1.54) is 38.3 Å². The first-order valence-corrected chi connectivity index (χ1v) is 8.13. The number of rotatable bonds is 4. The van der Waals surface area contributed by atoms with Crippen molar-refractivity contribution in [3.63, 3.8) is 0 Å². The number of aromatic hydroxyl groups is 1. The highest BCUT2D eigenvalue weighted by atomic mass is 16.5. The highest BCUT2D eigenvalue weighted by molar-refractivity contribution is 5.99. The van der Waals surface area contributed by atoms with Crippen LogP contribution >= 0.6 is 0 Å². The molecule has 0 bridgehead atoms. The molecule has 0 aromatic heterocycles. The zero-order valence-electron chi connectivity index (χ0n) is 15.1. The van der Waals surface area contributed by atoms with Gasteiger partial charge in [0.1, 0.15) is 22.8 Å². The van der Waals surface area contributed by atoms with Gasteiger partial charge in [0.25, 0.3) is 0 Å². The lowest BCUT2D eigenvalue weighted by Crippen LogP contribution is -1.99. The third kappa shape index (κ3) is 4.86. The highest BCUT2D eigenvalue weighted by Gasteiger charge is 2.15. The van der Waals surface area contributed by atoms with Gasteiger partial charge in [-0.2, -0.15) is 0 Å². The lowest BCUT2D eigenvalue weighted by Gasteiger charge is -2.09. The molecule has 3 aromatic carbocycles. The average Bonchev–Trinajstić information content (AvgIpc) is 2.68. The van der Waals surface area contributed by atoms with E-state index in [0.717, 1.165) is 0 Å². The van der Waals surface area contributed by atoms with Crippen molar-refractivity contribution < 1.29 is 19.4 Å². The maximum atomic E-state index is 11.2. The zero-order valence-corrected chi connectivity index (χ0v) is 15.1. The Labute approximate surface area is 153 Å². The molecule has 3 aromatic rings. The third-order valence-electron chi connectivity index (χ3n) is 3.74. The van der Waals surface area contributed by atoms with Crippen LogP contribution in [-0.4, -0.2) is 25.1 Å². The number of ketones is 1. The molecule has 0 unspecified atom stereocenters. The minimum absolute atomic E-state index is 0.131. The molecule has 3 rings (SSSR count). The van der Waals surface area contributed by atoms with Gasteiger partial charge in [-0.05, 0) is 18.1 Å². The zero-order chi connectivity index (χ0) is 18.9. The van der Waals surface area contributed by atoms with Gasteiger partial charge in [0, 0.05) is 12.1 Å². The Bertz CT molecular complexity index is 805. The van der Waals surface area contributed by atoms with Gasteiger partial charge < -0.3 is 14.6 Å². The van der Waals surface area contributed by atoms with Gasteiger partial charge >= 0.3 is 0 Å². The Kier molecular flexibility index (Phi) is 6.80. The molecule has 1 N–H and O–H groups in total. The molecule has 0 aliphatic rings. The largest absolute Gasteiger partial charge is 0.507 e. The van der Waals surface area contributed by atoms with Crippen molar-refractivity contribution >= 4 is 5.78 Å². The van der Waals surface area contributed by atoms with E-state index in [1.54, 1.807) is 6.07 Å². The van der Waals surface area contributed by atoms with Crippen LogP contribution in [0.1, 0.15) is 17.3 Å². The summed E-state index contributed by atoms with van der Waals surface area (Å²) in [5, 5.41) is 9.52. The van der Waals surface area contributed by atoms with Crippen molar-refractivity contribution in [3.8, 4) is 28.4 Å². The second-order valence-electron chi connectivity index (χ2n) is 5.51. The second-order valence-corrected chi connectivity index (χ2v) is 5.51. The number of carbonyl (C=O) groups is 1. The predicted octanol–water partition coefficient (Wildman–Crippen LogP) is 4.97. The molecule has 0 aliphatic carbocycles. The topological polar surface area (TPSA) is 55.8 Å². The summed E-state index contributed by atoms with van der Waals surface area (Å²) in [5.74, 6) is 0.384. The lowest BCUT2D eigenvalue weighted by molar-refractivity contribution is 0.101. The van der Waals surface area contributed by atoms with E-state index >= 15 is 0 Å². The Morgan fingerprint density at radius 3 is 1.69 bits per heavy atom. The first kappa shape index (κ1) is 19.1. The van der Waals surface area contributed by atoms with Gasteiger partial charge in [0.15, 0.2) is 5.78 Å².